The Balaban J connectivity index is 2.16. The summed E-state index contributed by atoms with van der Waals surface area (Å²) >= 11 is 2.90. The Morgan fingerprint density at radius 2 is 2.10 bits per heavy atom. The molecule has 0 aliphatic heterocycles. The molecular formula is C14H10N2O2S2. The largest absolute Gasteiger partial charge is 0.278 e. The smallest absolute Gasteiger partial charge is 0.258 e. The highest BCUT2D eigenvalue weighted by atomic mass is 32.1. The van der Waals surface area contributed by atoms with Crippen LogP contribution in [0.15, 0.2) is 41.9 Å². The third-order valence-electron chi connectivity index (χ3n) is 3.04. The highest BCUT2D eigenvalue weighted by Gasteiger charge is 2.18. The van der Waals surface area contributed by atoms with E-state index in [1.807, 2.05) is 36.6 Å². The normalized spacial score (nSPS) is 10.7. The molecule has 0 saturated heterocycles. The number of benzene rings is 1. The Bertz CT molecular complexity index is 763. The molecule has 0 amide bonds. The molecular weight excluding hydrogens is 292 g/mol. The van der Waals surface area contributed by atoms with Crippen molar-refractivity contribution >= 4 is 28.6 Å². The minimum atomic E-state index is -0.326. The van der Waals surface area contributed by atoms with Gasteiger partial charge in [-0.1, -0.05) is 12.1 Å². The fraction of sp³-hybridized carbons (Fsp3) is 0.0714. The summed E-state index contributed by atoms with van der Waals surface area (Å²) in [6.07, 6.45) is 1.75. The van der Waals surface area contributed by atoms with E-state index in [1.54, 1.807) is 12.3 Å². The van der Waals surface area contributed by atoms with Crippen molar-refractivity contribution in [1.82, 2.24) is 4.37 Å². The highest BCUT2D eigenvalue weighted by Crippen LogP contribution is 2.37. The first-order valence-electron chi connectivity index (χ1n) is 5.91. The zero-order chi connectivity index (χ0) is 14.1. The number of nitro groups is 1. The lowest BCUT2D eigenvalue weighted by atomic mass is 10.0. The molecule has 0 atom stereocenters. The van der Waals surface area contributed by atoms with Gasteiger partial charge in [-0.05, 0) is 41.5 Å². The molecule has 100 valence electrons. The van der Waals surface area contributed by atoms with E-state index in [1.165, 1.54) is 22.9 Å². The molecule has 0 bridgehead atoms. The van der Waals surface area contributed by atoms with Crippen molar-refractivity contribution in [3.05, 3.63) is 56.9 Å². The van der Waals surface area contributed by atoms with Crippen molar-refractivity contribution in [3.8, 4) is 21.6 Å². The molecule has 0 unspecified atom stereocenters. The standard InChI is InChI=1S/C14H10N2O2S2/c1-9-12(8-15-20-9)10-4-5-11(13(7-10)16(17)18)14-3-2-6-19-14/h2-8H,1H3. The van der Waals surface area contributed by atoms with Crippen LogP contribution in [0.3, 0.4) is 0 Å². The second kappa shape index (κ2) is 5.15. The topological polar surface area (TPSA) is 56.0 Å². The molecule has 0 saturated carbocycles. The minimum Gasteiger partial charge on any atom is -0.258 e. The van der Waals surface area contributed by atoms with Gasteiger partial charge in [-0.25, -0.2) is 4.37 Å². The van der Waals surface area contributed by atoms with Crippen LogP contribution in [0.1, 0.15) is 4.88 Å². The number of hydrogen-bond acceptors (Lipinski definition) is 5. The van der Waals surface area contributed by atoms with Crippen molar-refractivity contribution in [2.45, 2.75) is 6.92 Å². The predicted octanol–water partition coefficient (Wildman–Crippen LogP) is 4.76. The molecule has 3 rings (SSSR count). The number of nitrogens with zero attached hydrogens (tertiary/aromatic N) is 2. The molecule has 1 aromatic carbocycles. The average molecular weight is 302 g/mol. The van der Waals surface area contributed by atoms with Gasteiger partial charge in [0.15, 0.2) is 0 Å². The monoisotopic (exact) mass is 302 g/mol. The van der Waals surface area contributed by atoms with E-state index in [-0.39, 0.29) is 10.6 Å². The van der Waals surface area contributed by atoms with E-state index in [4.69, 9.17) is 0 Å². The van der Waals surface area contributed by atoms with Crippen molar-refractivity contribution in [3.63, 3.8) is 0 Å². The summed E-state index contributed by atoms with van der Waals surface area (Å²) in [6, 6.07) is 9.15. The number of nitro benzene ring substituents is 1. The van der Waals surface area contributed by atoms with E-state index >= 15 is 0 Å². The Morgan fingerprint density at radius 1 is 1.25 bits per heavy atom. The third kappa shape index (κ3) is 2.23. The van der Waals surface area contributed by atoms with Gasteiger partial charge in [-0.3, -0.25) is 10.1 Å². The molecule has 0 fully saturated rings. The van der Waals surface area contributed by atoms with Gasteiger partial charge in [-0.2, -0.15) is 0 Å². The Labute approximate surface area is 123 Å². The van der Waals surface area contributed by atoms with Crippen LogP contribution < -0.4 is 0 Å². The fourth-order valence-corrected chi connectivity index (χ4v) is 3.41. The average Bonchev–Trinajstić information content (AvgIpc) is 3.09. The number of aryl methyl sites for hydroxylation is 1. The van der Waals surface area contributed by atoms with E-state index in [9.17, 15) is 10.1 Å². The SMILES string of the molecule is Cc1sncc1-c1ccc(-c2cccs2)c([N+](=O)[O-])c1. The molecule has 0 spiro atoms. The van der Waals surface area contributed by atoms with Crippen molar-refractivity contribution < 1.29 is 4.92 Å². The van der Waals surface area contributed by atoms with Crippen LogP contribution in [0.25, 0.3) is 21.6 Å². The van der Waals surface area contributed by atoms with Gasteiger partial charge in [-0.15, -0.1) is 11.3 Å². The first-order chi connectivity index (χ1) is 9.66. The lowest BCUT2D eigenvalue weighted by Crippen LogP contribution is -1.92. The molecule has 3 aromatic rings. The lowest BCUT2D eigenvalue weighted by molar-refractivity contribution is -0.384. The molecule has 0 radical (unpaired) electrons. The molecule has 2 heterocycles. The van der Waals surface area contributed by atoms with Crippen molar-refractivity contribution in [2.24, 2.45) is 0 Å². The summed E-state index contributed by atoms with van der Waals surface area (Å²) in [5.41, 5.74) is 2.59. The molecule has 2 aromatic heterocycles. The van der Waals surface area contributed by atoms with Crippen LogP contribution in [0, 0.1) is 17.0 Å². The van der Waals surface area contributed by atoms with Crippen LogP contribution in [-0.2, 0) is 0 Å². The maximum Gasteiger partial charge on any atom is 0.278 e. The first-order valence-corrected chi connectivity index (χ1v) is 7.56. The van der Waals surface area contributed by atoms with Crippen LogP contribution >= 0.6 is 22.9 Å². The van der Waals surface area contributed by atoms with Crippen LogP contribution in [-0.4, -0.2) is 9.30 Å². The van der Waals surface area contributed by atoms with E-state index in [0.717, 1.165) is 20.9 Å². The fourth-order valence-electron chi connectivity index (χ4n) is 2.07. The molecule has 20 heavy (non-hydrogen) atoms. The van der Waals surface area contributed by atoms with Crippen LogP contribution in [0.2, 0.25) is 0 Å². The van der Waals surface area contributed by atoms with E-state index in [0.29, 0.717) is 5.56 Å². The number of aromatic nitrogens is 1. The summed E-state index contributed by atoms with van der Waals surface area (Å²) < 4.78 is 4.12. The predicted molar refractivity (Wildman–Crippen MR) is 82.3 cm³/mol. The van der Waals surface area contributed by atoms with Gasteiger partial charge in [0.2, 0.25) is 0 Å². The number of hydrogen-bond donors (Lipinski definition) is 0. The third-order valence-corrected chi connectivity index (χ3v) is 4.65. The first kappa shape index (κ1) is 13.0. The summed E-state index contributed by atoms with van der Waals surface area (Å²) in [4.78, 5) is 13.0. The molecule has 0 aliphatic rings. The zero-order valence-electron chi connectivity index (χ0n) is 10.6. The van der Waals surface area contributed by atoms with E-state index < -0.39 is 0 Å². The van der Waals surface area contributed by atoms with Gasteiger partial charge < -0.3 is 0 Å². The lowest BCUT2D eigenvalue weighted by Gasteiger charge is -2.04. The summed E-state index contributed by atoms with van der Waals surface area (Å²) in [6.45, 7) is 1.96. The molecule has 6 heteroatoms. The molecule has 0 N–H and O–H groups in total. The molecule has 4 nitrogen and oxygen atoms in total. The summed E-state index contributed by atoms with van der Waals surface area (Å²) in [7, 11) is 0. The molecule has 0 aliphatic carbocycles. The van der Waals surface area contributed by atoms with Gasteiger partial charge in [0.05, 0.1) is 10.5 Å². The maximum atomic E-state index is 11.3. The van der Waals surface area contributed by atoms with Crippen LogP contribution in [0.4, 0.5) is 5.69 Å². The second-order valence-electron chi connectivity index (χ2n) is 4.26. The second-order valence-corrected chi connectivity index (χ2v) is 6.22. The number of rotatable bonds is 3. The van der Waals surface area contributed by atoms with Crippen molar-refractivity contribution in [1.29, 1.82) is 0 Å². The van der Waals surface area contributed by atoms with Crippen LogP contribution in [0.5, 0.6) is 0 Å². The Kier molecular flexibility index (Phi) is 3.33. The maximum absolute atomic E-state index is 11.3. The summed E-state index contributed by atoms with van der Waals surface area (Å²) in [5.74, 6) is 0. The van der Waals surface area contributed by atoms with Gasteiger partial charge >= 0.3 is 0 Å². The quantitative estimate of drug-likeness (QED) is 0.518. The van der Waals surface area contributed by atoms with E-state index in [2.05, 4.69) is 4.37 Å². The highest BCUT2D eigenvalue weighted by molar-refractivity contribution is 7.13. The Hall–Kier alpha value is -2.05. The Morgan fingerprint density at radius 3 is 2.70 bits per heavy atom. The van der Waals surface area contributed by atoms with Gasteiger partial charge in [0.25, 0.3) is 5.69 Å². The minimum absolute atomic E-state index is 0.135. The van der Waals surface area contributed by atoms with Gasteiger partial charge in [0.1, 0.15) is 0 Å². The van der Waals surface area contributed by atoms with Crippen molar-refractivity contribution in [2.75, 3.05) is 0 Å². The number of thiophene rings is 1. The zero-order valence-corrected chi connectivity index (χ0v) is 12.2. The van der Waals surface area contributed by atoms with Gasteiger partial charge in [0, 0.05) is 27.6 Å². The summed E-state index contributed by atoms with van der Waals surface area (Å²) in [5, 5.41) is 13.2.